The molecule has 13 heteroatoms. The van der Waals surface area contributed by atoms with Crippen molar-refractivity contribution in [3.8, 4) is 5.88 Å². The van der Waals surface area contributed by atoms with Crippen LogP contribution in [0, 0.1) is 6.92 Å². The van der Waals surface area contributed by atoms with Gasteiger partial charge in [-0.05, 0) is 20.8 Å². The van der Waals surface area contributed by atoms with Crippen LogP contribution < -0.4 is 20.3 Å². The highest BCUT2D eigenvalue weighted by Crippen LogP contribution is 2.34. The van der Waals surface area contributed by atoms with Crippen molar-refractivity contribution in [3.63, 3.8) is 0 Å². The highest BCUT2D eigenvalue weighted by molar-refractivity contribution is 6.02. The van der Waals surface area contributed by atoms with Crippen LogP contribution in [0.15, 0.2) is 12.4 Å². The Bertz CT molecular complexity index is 1030. The van der Waals surface area contributed by atoms with Gasteiger partial charge in [-0.25, -0.2) is 15.0 Å². The Kier molecular flexibility index (Phi) is 5.99. The molecule has 2 N–H and O–H groups in total. The van der Waals surface area contributed by atoms with Crippen LogP contribution in [0.2, 0.25) is 0 Å². The number of fused-ring (bicyclic) bond motifs is 1. The second-order valence-electron chi connectivity index (χ2n) is 8.26. The predicted octanol–water partition coefficient (Wildman–Crippen LogP) is 2.76. The number of ether oxygens (including phenoxy) is 2. The number of alkyl halides is 3. The van der Waals surface area contributed by atoms with Gasteiger partial charge in [0.05, 0.1) is 24.2 Å². The van der Waals surface area contributed by atoms with Gasteiger partial charge in [0.15, 0.2) is 11.5 Å². The molecule has 2 aromatic rings. The third kappa shape index (κ3) is 4.92. The summed E-state index contributed by atoms with van der Waals surface area (Å²) in [4.78, 5) is 30.1. The van der Waals surface area contributed by atoms with Gasteiger partial charge in [0.1, 0.15) is 11.8 Å². The van der Waals surface area contributed by atoms with E-state index in [0.717, 1.165) is 6.20 Å². The van der Waals surface area contributed by atoms with E-state index in [-0.39, 0.29) is 30.0 Å². The highest BCUT2D eigenvalue weighted by Gasteiger charge is 2.37. The lowest BCUT2D eigenvalue weighted by Crippen LogP contribution is -2.49. The summed E-state index contributed by atoms with van der Waals surface area (Å²) in [5, 5.41) is 6.04. The maximum atomic E-state index is 12.6. The number of nitrogens with one attached hydrogen (secondary N) is 2. The SMILES string of the molecule is Cc1nc(N[C@H]2C[C@H](Oc3cnc(C(F)(F)F)cn3)C2)nc2c1NC(=O)C(OC(C)C)N2C. The number of carbonyl (C=O) groups excluding carboxylic acids is 1. The first kappa shape index (κ1) is 23.0. The van der Waals surface area contributed by atoms with Gasteiger partial charge in [0.2, 0.25) is 18.1 Å². The molecule has 1 atom stereocenters. The molecule has 2 aromatic heterocycles. The summed E-state index contributed by atoms with van der Waals surface area (Å²) >= 11 is 0. The van der Waals surface area contributed by atoms with Crippen LogP contribution in [0.1, 0.15) is 38.1 Å². The van der Waals surface area contributed by atoms with Crippen LogP contribution in [0.5, 0.6) is 5.88 Å². The number of aryl methyl sites for hydroxylation is 1. The maximum absolute atomic E-state index is 12.6. The molecule has 1 aliphatic heterocycles. The van der Waals surface area contributed by atoms with E-state index in [1.807, 2.05) is 13.8 Å². The molecule has 0 bridgehead atoms. The van der Waals surface area contributed by atoms with Crippen LogP contribution in [-0.4, -0.2) is 57.4 Å². The Labute approximate surface area is 187 Å². The minimum absolute atomic E-state index is 0.0149. The van der Waals surface area contributed by atoms with E-state index in [1.54, 1.807) is 18.9 Å². The van der Waals surface area contributed by atoms with Crippen molar-refractivity contribution >= 4 is 23.4 Å². The maximum Gasteiger partial charge on any atom is 0.434 e. The average molecular weight is 467 g/mol. The monoisotopic (exact) mass is 467 g/mol. The molecule has 4 rings (SSSR count). The molecule has 0 spiro atoms. The van der Waals surface area contributed by atoms with E-state index < -0.39 is 18.1 Å². The topological polar surface area (TPSA) is 114 Å². The summed E-state index contributed by atoms with van der Waals surface area (Å²) in [7, 11) is 1.74. The fraction of sp³-hybridized carbons (Fsp3) is 0.550. The summed E-state index contributed by atoms with van der Waals surface area (Å²) in [5.41, 5.74) is 0.0790. The fourth-order valence-corrected chi connectivity index (χ4v) is 3.56. The van der Waals surface area contributed by atoms with E-state index in [2.05, 4.69) is 30.6 Å². The van der Waals surface area contributed by atoms with Crippen LogP contribution in [0.3, 0.4) is 0 Å². The summed E-state index contributed by atoms with van der Waals surface area (Å²) in [6.07, 6.45) is -2.89. The van der Waals surface area contributed by atoms with Crippen molar-refractivity contribution in [2.75, 3.05) is 22.6 Å². The number of hydrogen-bond donors (Lipinski definition) is 2. The molecule has 33 heavy (non-hydrogen) atoms. The molecule has 1 amide bonds. The van der Waals surface area contributed by atoms with Crippen molar-refractivity contribution in [3.05, 3.63) is 23.8 Å². The van der Waals surface area contributed by atoms with Crippen LogP contribution in [0.4, 0.5) is 30.6 Å². The molecule has 1 unspecified atom stereocenters. The zero-order valence-electron chi connectivity index (χ0n) is 18.5. The van der Waals surface area contributed by atoms with Crippen molar-refractivity contribution < 1.29 is 27.4 Å². The summed E-state index contributed by atoms with van der Waals surface area (Å²) < 4.78 is 49.0. The van der Waals surface area contributed by atoms with E-state index in [0.29, 0.717) is 42.2 Å². The molecule has 1 aliphatic carbocycles. The quantitative estimate of drug-likeness (QED) is 0.662. The van der Waals surface area contributed by atoms with E-state index in [1.165, 1.54) is 0 Å². The zero-order valence-corrected chi connectivity index (χ0v) is 18.5. The Hall–Kier alpha value is -3.22. The molecular formula is C20H24F3N7O3. The number of hydrogen-bond acceptors (Lipinski definition) is 9. The smallest absolute Gasteiger partial charge is 0.434 e. The zero-order chi connectivity index (χ0) is 23.9. The number of halogens is 3. The number of carbonyl (C=O) groups is 1. The first-order chi connectivity index (χ1) is 15.5. The molecule has 0 saturated heterocycles. The lowest BCUT2D eigenvalue weighted by Gasteiger charge is -2.37. The van der Waals surface area contributed by atoms with Crippen molar-refractivity contribution in [2.45, 2.75) is 64.3 Å². The fourth-order valence-electron chi connectivity index (χ4n) is 3.56. The molecular weight excluding hydrogens is 443 g/mol. The second kappa shape index (κ2) is 8.61. The number of rotatable bonds is 6. The standard InChI is InChI=1S/C20H24F3N7O3/c1-9(2)32-18-17(31)28-15-10(3)26-19(29-16(15)30(18)4)27-11-5-12(6-11)33-14-8-24-13(7-25-14)20(21,22)23/h7-9,11-12,18H,5-6H2,1-4H3,(H,28,31)(H,26,27,29)/t11-,12-,18?. The van der Waals surface area contributed by atoms with E-state index in [9.17, 15) is 18.0 Å². The summed E-state index contributed by atoms with van der Waals surface area (Å²) in [6.45, 7) is 5.47. The lowest BCUT2D eigenvalue weighted by atomic mass is 9.89. The largest absolute Gasteiger partial charge is 0.473 e. The van der Waals surface area contributed by atoms with Gasteiger partial charge in [-0.15, -0.1) is 0 Å². The third-order valence-electron chi connectivity index (χ3n) is 5.26. The highest BCUT2D eigenvalue weighted by atomic mass is 19.4. The minimum Gasteiger partial charge on any atom is -0.473 e. The average Bonchev–Trinajstić information content (AvgIpc) is 2.70. The van der Waals surface area contributed by atoms with Gasteiger partial charge in [-0.3, -0.25) is 4.79 Å². The molecule has 1 fully saturated rings. The molecule has 0 aromatic carbocycles. The lowest BCUT2D eigenvalue weighted by molar-refractivity contribution is -0.141. The van der Waals surface area contributed by atoms with Gasteiger partial charge in [0.25, 0.3) is 5.91 Å². The number of anilines is 3. The van der Waals surface area contributed by atoms with Crippen molar-refractivity contribution in [1.29, 1.82) is 0 Å². The van der Waals surface area contributed by atoms with Gasteiger partial charge in [0, 0.05) is 25.9 Å². The van der Waals surface area contributed by atoms with Crippen molar-refractivity contribution in [1.82, 2.24) is 19.9 Å². The van der Waals surface area contributed by atoms with Gasteiger partial charge in [-0.1, -0.05) is 0 Å². The number of amides is 1. The Morgan fingerprint density at radius 2 is 1.94 bits per heavy atom. The minimum atomic E-state index is -4.54. The Morgan fingerprint density at radius 1 is 1.21 bits per heavy atom. The second-order valence-corrected chi connectivity index (χ2v) is 8.26. The number of nitrogens with zero attached hydrogens (tertiary/aromatic N) is 5. The number of aromatic nitrogens is 4. The molecule has 1 saturated carbocycles. The predicted molar refractivity (Wildman–Crippen MR) is 112 cm³/mol. The first-order valence-electron chi connectivity index (χ1n) is 10.4. The summed E-state index contributed by atoms with van der Waals surface area (Å²) in [5.74, 6) is 0.704. The normalized spacial score (nSPS) is 22.5. The van der Waals surface area contributed by atoms with E-state index in [4.69, 9.17) is 9.47 Å². The van der Waals surface area contributed by atoms with Crippen LogP contribution in [-0.2, 0) is 15.7 Å². The molecule has 2 aliphatic rings. The van der Waals surface area contributed by atoms with E-state index >= 15 is 0 Å². The third-order valence-corrected chi connectivity index (χ3v) is 5.26. The first-order valence-corrected chi connectivity index (χ1v) is 10.4. The van der Waals surface area contributed by atoms with Gasteiger partial charge >= 0.3 is 6.18 Å². The van der Waals surface area contributed by atoms with Crippen LogP contribution in [0.25, 0.3) is 0 Å². The Morgan fingerprint density at radius 3 is 2.55 bits per heavy atom. The molecule has 0 radical (unpaired) electrons. The molecule has 178 valence electrons. The van der Waals surface area contributed by atoms with Gasteiger partial charge < -0.3 is 25.0 Å². The Balaban J connectivity index is 1.37. The van der Waals surface area contributed by atoms with Crippen LogP contribution >= 0.6 is 0 Å². The molecule has 3 heterocycles. The summed E-state index contributed by atoms with van der Waals surface area (Å²) in [6, 6.07) is 0.0149. The molecule has 10 nitrogen and oxygen atoms in total. The van der Waals surface area contributed by atoms with Gasteiger partial charge in [-0.2, -0.15) is 18.2 Å². The number of likely N-dealkylation sites (N-methyl/N-ethyl adjacent to an activating group) is 1. The van der Waals surface area contributed by atoms with Crippen molar-refractivity contribution in [2.24, 2.45) is 0 Å².